The van der Waals surface area contributed by atoms with E-state index in [1.54, 1.807) is 19.9 Å². The quantitative estimate of drug-likeness (QED) is 0.347. The fraction of sp³-hybridized carbons (Fsp3) is 0.222. The molecule has 60 valence electrons. The molecule has 1 nitrogen and oxygen atoms in total. The van der Waals surface area contributed by atoms with E-state index in [9.17, 15) is 9.18 Å². The van der Waals surface area contributed by atoms with Crippen LogP contribution in [0.2, 0.25) is 0 Å². The van der Waals surface area contributed by atoms with Gasteiger partial charge in [-0.05, 0) is 25.5 Å². The summed E-state index contributed by atoms with van der Waals surface area (Å²) in [7, 11) is 0. The van der Waals surface area contributed by atoms with Crippen LogP contribution in [0.4, 0.5) is 4.39 Å². The Balaban J connectivity index is 4.46. The molecule has 0 radical (unpaired) electrons. The number of rotatable bonds is 3. The molecule has 0 saturated heterocycles. The maximum atomic E-state index is 12.8. The minimum atomic E-state index is -0.412. The Morgan fingerprint density at radius 3 is 2.45 bits per heavy atom. The van der Waals surface area contributed by atoms with Crippen molar-refractivity contribution in [3.05, 3.63) is 35.7 Å². The summed E-state index contributed by atoms with van der Waals surface area (Å²) in [5.74, 6) is -0.412. The van der Waals surface area contributed by atoms with Crippen LogP contribution in [0.25, 0.3) is 0 Å². The number of hydrogen-bond donors (Lipinski definition) is 0. The number of aldehydes is 1. The van der Waals surface area contributed by atoms with Crippen LogP contribution >= 0.6 is 0 Å². The standard InChI is InChI=1S/C9H11FO/c1-4-8(3)9(10)5-7(2)6-11/h4-6H,2H2,1,3H3/b8-4-,9-5+. The summed E-state index contributed by atoms with van der Waals surface area (Å²) in [4.78, 5) is 10.0. The van der Waals surface area contributed by atoms with Gasteiger partial charge in [0.05, 0.1) is 0 Å². The third kappa shape index (κ3) is 3.50. The van der Waals surface area contributed by atoms with E-state index in [0.717, 1.165) is 6.08 Å². The second kappa shape index (κ2) is 4.61. The molecule has 0 spiro atoms. The van der Waals surface area contributed by atoms with E-state index in [4.69, 9.17) is 0 Å². The molecule has 0 aliphatic rings. The smallest absolute Gasteiger partial charge is 0.149 e. The van der Waals surface area contributed by atoms with E-state index < -0.39 is 5.83 Å². The van der Waals surface area contributed by atoms with Crippen LogP contribution in [0.15, 0.2) is 35.7 Å². The van der Waals surface area contributed by atoms with Gasteiger partial charge in [0.15, 0.2) is 0 Å². The Labute approximate surface area is 65.9 Å². The van der Waals surface area contributed by atoms with Crippen molar-refractivity contribution in [2.24, 2.45) is 0 Å². The Morgan fingerprint density at radius 1 is 1.55 bits per heavy atom. The lowest BCUT2D eigenvalue weighted by Gasteiger charge is -1.93. The van der Waals surface area contributed by atoms with Crippen molar-refractivity contribution in [2.45, 2.75) is 13.8 Å². The van der Waals surface area contributed by atoms with E-state index in [2.05, 4.69) is 6.58 Å². The normalized spacial score (nSPS) is 13.0. The van der Waals surface area contributed by atoms with Crippen molar-refractivity contribution >= 4 is 6.29 Å². The van der Waals surface area contributed by atoms with E-state index in [1.165, 1.54) is 0 Å². The van der Waals surface area contributed by atoms with Crippen LogP contribution in [-0.2, 0) is 4.79 Å². The van der Waals surface area contributed by atoms with Crippen LogP contribution in [0.1, 0.15) is 13.8 Å². The van der Waals surface area contributed by atoms with Crippen molar-refractivity contribution in [3.8, 4) is 0 Å². The predicted octanol–water partition coefficient (Wildman–Crippen LogP) is 2.56. The predicted molar refractivity (Wildman–Crippen MR) is 43.8 cm³/mol. The first-order valence-corrected chi connectivity index (χ1v) is 3.26. The third-order valence-electron chi connectivity index (χ3n) is 1.27. The Bertz CT molecular complexity index is 224. The zero-order chi connectivity index (χ0) is 8.85. The Hall–Kier alpha value is -1.18. The van der Waals surface area contributed by atoms with Gasteiger partial charge in [0.25, 0.3) is 0 Å². The van der Waals surface area contributed by atoms with Crippen LogP contribution < -0.4 is 0 Å². The molecule has 0 atom stereocenters. The van der Waals surface area contributed by atoms with Gasteiger partial charge < -0.3 is 0 Å². The third-order valence-corrected chi connectivity index (χ3v) is 1.27. The van der Waals surface area contributed by atoms with Gasteiger partial charge in [-0.2, -0.15) is 0 Å². The molecule has 0 fully saturated rings. The van der Waals surface area contributed by atoms with Gasteiger partial charge in [-0.1, -0.05) is 12.7 Å². The molecule has 2 heteroatoms. The van der Waals surface area contributed by atoms with Gasteiger partial charge in [-0.15, -0.1) is 0 Å². The molecule has 0 aliphatic carbocycles. The molecule has 0 N–H and O–H groups in total. The minimum Gasteiger partial charge on any atom is -0.298 e. The number of carbonyl (C=O) groups is 1. The lowest BCUT2D eigenvalue weighted by Crippen LogP contribution is -1.80. The van der Waals surface area contributed by atoms with Crippen molar-refractivity contribution in [2.75, 3.05) is 0 Å². The molecule has 0 aromatic rings. The minimum absolute atomic E-state index is 0.142. The first-order valence-electron chi connectivity index (χ1n) is 3.26. The summed E-state index contributed by atoms with van der Waals surface area (Å²) in [5.41, 5.74) is 0.650. The summed E-state index contributed by atoms with van der Waals surface area (Å²) < 4.78 is 12.8. The van der Waals surface area contributed by atoms with Gasteiger partial charge >= 0.3 is 0 Å². The highest BCUT2D eigenvalue weighted by Crippen LogP contribution is 2.11. The largest absolute Gasteiger partial charge is 0.298 e. The molecule has 0 saturated carbocycles. The molecule has 0 unspecified atom stereocenters. The fourth-order valence-corrected chi connectivity index (χ4v) is 0.449. The lowest BCUT2D eigenvalue weighted by atomic mass is 10.2. The molecule has 0 aromatic carbocycles. The molecule has 11 heavy (non-hydrogen) atoms. The monoisotopic (exact) mass is 154 g/mol. The van der Waals surface area contributed by atoms with E-state index >= 15 is 0 Å². The highest BCUT2D eigenvalue weighted by Gasteiger charge is 1.96. The molecule has 0 aliphatic heterocycles. The van der Waals surface area contributed by atoms with Crippen LogP contribution in [0, 0.1) is 0 Å². The SMILES string of the molecule is C=C(C=O)/C=C(F)\C(C)=C/C. The van der Waals surface area contributed by atoms with Gasteiger partial charge in [-0.25, -0.2) is 4.39 Å². The van der Waals surface area contributed by atoms with Crippen molar-refractivity contribution in [3.63, 3.8) is 0 Å². The highest BCUT2D eigenvalue weighted by atomic mass is 19.1. The highest BCUT2D eigenvalue weighted by molar-refractivity contribution is 5.76. The zero-order valence-electron chi connectivity index (χ0n) is 6.73. The zero-order valence-corrected chi connectivity index (χ0v) is 6.73. The second-order valence-electron chi connectivity index (χ2n) is 2.16. The van der Waals surface area contributed by atoms with Crippen LogP contribution in [-0.4, -0.2) is 6.29 Å². The Morgan fingerprint density at radius 2 is 2.09 bits per heavy atom. The van der Waals surface area contributed by atoms with Gasteiger partial charge in [0.2, 0.25) is 0 Å². The van der Waals surface area contributed by atoms with E-state index in [0.29, 0.717) is 11.9 Å². The first-order chi connectivity index (χ1) is 5.11. The second-order valence-corrected chi connectivity index (χ2v) is 2.16. The first kappa shape index (κ1) is 9.82. The van der Waals surface area contributed by atoms with Gasteiger partial charge in [-0.3, -0.25) is 4.79 Å². The maximum absolute atomic E-state index is 12.8. The number of halogens is 1. The summed E-state index contributed by atoms with van der Waals surface area (Å²) in [6, 6.07) is 0. The molecule has 0 aromatic heterocycles. The van der Waals surface area contributed by atoms with Gasteiger partial charge in [0.1, 0.15) is 12.1 Å². The van der Waals surface area contributed by atoms with E-state index in [1.807, 2.05) is 0 Å². The average Bonchev–Trinajstić information content (AvgIpc) is 2.02. The molecular formula is C9H11FO. The molecule has 0 amide bonds. The number of hydrogen-bond acceptors (Lipinski definition) is 1. The molecule has 0 rings (SSSR count). The summed E-state index contributed by atoms with van der Waals surface area (Å²) in [6.07, 6.45) is 3.26. The van der Waals surface area contributed by atoms with Gasteiger partial charge in [0, 0.05) is 5.57 Å². The topological polar surface area (TPSA) is 17.1 Å². The average molecular weight is 154 g/mol. The van der Waals surface area contributed by atoms with E-state index in [-0.39, 0.29) is 5.57 Å². The fourth-order valence-electron chi connectivity index (χ4n) is 0.449. The lowest BCUT2D eigenvalue weighted by molar-refractivity contribution is -0.104. The molecule has 0 heterocycles. The molecule has 0 bridgehead atoms. The summed E-state index contributed by atoms with van der Waals surface area (Å²) in [6.45, 7) is 6.68. The Kier molecular flexibility index (Phi) is 4.11. The number of allylic oxidation sites excluding steroid dienone is 5. The number of carbonyl (C=O) groups excluding carboxylic acids is 1. The van der Waals surface area contributed by atoms with Crippen LogP contribution in [0.3, 0.4) is 0 Å². The maximum Gasteiger partial charge on any atom is 0.149 e. The van der Waals surface area contributed by atoms with Crippen molar-refractivity contribution in [1.82, 2.24) is 0 Å². The van der Waals surface area contributed by atoms with Crippen molar-refractivity contribution < 1.29 is 9.18 Å². The van der Waals surface area contributed by atoms with Crippen molar-refractivity contribution in [1.29, 1.82) is 0 Å². The summed E-state index contributed by atoms with van der Waals surface area (Å²) in [5, 5.41) is 0. The summed E-state index contributed by atoms with van der Waals surface area (Å²) >= 11 is 0. The van der Waals surface area contributed by atoms with Crippen LogP contribution in [0.5, 0.6) is 0 Å². The molecular weight excluding hydrogens is 143 g/mol.